The van der Waals surface area contributed by atoms with Crippen molar-refractivity contribution < 1.29 is 33.9 Å². The summed E-state index contributed by atoms with van der Waals surface area (Å²) in [7, 11) is 0. The Morgan fingerprint density at radius 3 is 1.38 bits per heavy atom. The van der Waals surface area contributed by atoms with E-state index in [1.807, 2.05) is 0 Å². The fraction of sp³-hybridized carbons (Fsp3) is 1.00. The highest BCUT2D eigenvalue weighted by Gasteiger charge is 2.16. The van der Waals surface area contributed by atoms with Gasteiger partial charge in [-0.05, 0) is 13.0 Å². The van der Waals surface area contributed by atoms with Crippen LogP contribution in [0.1, 0.15) is 58.3 Å². The van der Waals surface area contributed by atoms with Crippen LogP contribution >= 0.6 is 0 Å². The summed E-state index contributed by atoms with van der Waals surface area (Å²) in [5, 5.41) is 20.8. The van der Waals surface area contributed by atoms with Crippen molar-refractivity contribution in [2.75, 3.05) is 85.7 Å². The zero-order chi connectivity index (χ0) is 23.1. The van der Waals surface area contributed by atoms with Gasteiger partial charge in [-0.3, -0.25) is 4.90 Å². The molecule has 0 aliphatic carbocycles. The molecule has 0 aromatic rings. The van der Waals surface area contributed by atoms with E-state index in [2.05, 4.69) is 11.8 Å². The molecule has 2 atom stereocenters. The summed E-state index contributed by atoms with van der Waals surface area (Å²) >= 11 is 0. The van der Waals surface area contributed by atoms with Crippen LogP contribution in [-0.2, 0) is 23.7 Å². The average molecular weight is 464 g/mol. The van der Waals surface area contributed by atoms with E-state index in [0.29, 0.717) is 65.9 Å². The number of aliphatic hydroxyl groups is 2. The third kappa shape index (κ3) is 19.2. The number of β-amino-alcohol motifs (C(OH)–C–C–N with tert-alkyl or cyclic N) is 2. The molecule has 32 heavy (non-hydrogen) atoms. The molecule has 0 radical (unpaired) electrons. The van der Waals surface area contributed by atoms with Crippen LogP contribution in [0.25, 0.3) is 0 Å². The predicted molar refractivity (Wildman–Crippen MR) is 125 cm³/mol. The van der Waals surface area contributed by atoms with Crippen molar-refractivity contribution in [3.05, 3.63) is 0 Å². The number of hydrogen-bond donors (Lipinski definition) is 2. The molecule has 0 bridgehead atoms. The SMILES string of the molecule is CCCCCCCCCCN1CC(O)COCCOCCOCCOCCOCC(O)C1. The molecule has 8 nitrogen and oxygen atoms in total. The van der Waals surface area contributed by atoms with Crippen molar-refractivity contribution in [3.8, 4) is 0 Å². The summed E-state index contributed by atoms with van der Waals surface area (Å²) in [5.41, 5.74) is 0. The molecule has 0 aromatic carbocycles. The first kappa shape index (κ1) is 29.7. The number of aliphatic hydroxyl groups excluding tert-OH is 2. The highest BCUT2D eigenvalue weighted by molar-refractivity contribution is 4.69. The van der Waals surface area contributed by atoms with E-state index in [-0.39, 0.29) is 13.2 Å². The highest BCUT2D eigenvalue weighted by atomic mass is 16.6. The van der Waals surface area contributed by atoms with E-state index in [9.17, 15) is 10.2 Å². The standard InChI is InChI=1S/C24H49NO7/c1-2-3-4-5-6-7-8-9-10-25-19-23(26)21-31-17-15-29-13-11-28-12-14-30-16-18-32-22-24(27)20-25/h23-24,26-27H,2-22H2,1H3. The molecule has 1 aliphatic heterocycles. The van der Waals surface area contributed by atoms with Gasteiger partial charge in [-0.15, -0.1) is 0 Å². The molecule has 1 heterocycles. The van der Waals surface area contributed by atoms with Crippen LogP contribution in [0, 0.1) is 0 Å². The lowest BCUT2D eigenvalue weighted by molar-refractivity contribution is -0.0417. The molecular formula is C24H49NO7. The monoisotopic (exact) mass is 463 g/mol. The third-order valence-corrected chi connectivity index (χ3v) is 5.37. The van der Waals surface area contributed by atoms with Crippen molar-refractivity contribution >= 4 is 0 Å². The second kappa shape index (κ2) is 22.5. The maximum atomic E-state index is 10.4. The van der Waals surface area contributed by atoms with Crippen molar-refractivity contribution in [3.63, 3.8) is 0 Å². The Bertz CT molecular complexity index is 365. The van der Waals surface area contributed by atoms with Gasteiger partial charge in [0, 0.05) is 13.1 Å². The topological polar surface area (TPSA) is 89.9 Å². The summed E-state index contributed by atoms with van der Waals surface area (Å²) in [6.07, 6.45) is 8.87. The van der Waals surface area contributed by atoms with Crippen molar-refractivity contribution in [1.82, 2.24) is 4.90 Å². The molecule has 8 heteroatoms. The molecule has 0 spiro atoms. The Kier molecular flexibility index (Phi) is 20.9. The van der Waals surface area contributed by atoms with E-state index >= 15 is 0 Å². The second-order valence-corrected chi connectivity index (χ2v) is 8.53. The normalized spacial score (nSPS) is 24.8. The number of ether oxygens (including phenoxy) is 5. The van der Waals surface area contributed by atoms with Crippen LogP contribution in [0.3, 0.4) is 0 Å². The summed E-state index contributed by atoms with van der Waals surface area (Å²) in [4.78, 5) is 2.13. The van der Waals surface area contributed by atoms with Crippen LogP contribution in [0.4, 0.5) is 0 Å². The van der Waals surface area contributed by atoms with Gasteiger partial charge in [-0.25, -0.2) is 0 Å². The zero-order valence-corrected chi connectivity index (χ0v) is 20.4. The summed E-state index contributed by atoms with van der Waals surface area (Å²) in [6, 6.07) is 0. The van der Waals surface area contributed by atoms with E-state index in [1.54, 1.807) is 0 Å². The minimum Gasteiger partial charge on any atom is -0.389 e. The molecule has 1 aliphatic rings. The van der Waals surface area contributed by atoms with E-state index < -0.39 is 12.2 Å². The lowest BCUT2D eigenvalue weighted by Crippen LogP contribution is -2.41. The highest BCUT2D eigenvalue weighted by Crippen LogP contribution is 2.09. The van der Waals surface area contributed by atoms with Gasteiger partial charge in [-0.2, -0.15) is 0 Å². The van der Waals surface area contributed by atoms with Gasteiger partial charge in [0.25, 0.3) is 0 Å². The molecular weight excluding hydrogens is 414 g/mol. The molecule has 192 valence electrons. The smallest absolute Gasteiger partial charge is 0.0900 e. The Hall–Kier alpha value is -0.320. The van der Waals surface area contributed by atoms with Crippen molar-refractivity contribution in [2.45, 2.75) is 70.5 Å². The maximum absolute atomic E-state index is 10.4. The maximum Gasteiger partial charge on any atom is 0.0900 e. The number of nitrogens with zero attached hydrogens (tertiary/aromatic N) is 1. The molecule has 2 N–H and O–H groups in total. The van der Waals surface area contributed by atoms with Gasteiger partial charge in [0.1, 0.15) is 0 Å². The quantitative estimate of drug-likeness (QED) is 0.503. The van der Waals surface area contributed by atoms with E-state index in [1.165, 1.54) is 44.9 Å². The summed E-state index contributed by atoms with van der Waals surface area (Å²) < 4.78 is 27.4. The fourth-order valence-corrected chi connectivity index (χ4v) is 3.64. The van der Waals surface area contributed by atoms with Crippen LogP contribution < -0.4 is 0 Å². The predicted octanol–water partition coefficient (Wildman–Crippen LogP) is 2.25. The Morgan fingerprint density at radius 2 is 0.938 bits per heavy atom. The fourth-order valence-electron chi connectivity index (χ4n) is 3.64. The van der Waals surface area contributed by atoms with Crippen LogP contribution in [0.15, 0.2) is 0 Å². The van der Waals surface area contributed by atoms with E-state index in [4.69, 9.17) is 23.7 Å². The molecule has 1 fully saturated rings. The molecule has 0 amide bonds. The second-order valence-electron chi connectivity index (χ2n) is 8.53. The lowest BCUT2D eigenvalue weighted by atomic mass is 10.1. The number of unbranched alkanes of at least 4 members (excludes halogenated alkanes) is 7. The Labute approximate surface area is 195 Å². The first-order valence-electron chi connectivity index (χ1n) is 12.7. The van der Waals surface area contributed by atoms with Gasteiger partial charge < -0.3 is 33.9 Å². The summed E-state index contributed by atoms with van der Waals surface area (Å²) in [6.45, 7) is 8.47. The van der Waals surface area contributed by atoms with Gasteiger partial charge in [0.15, 0.2) is 0 Å². The third-order valence-electron chi connectivity index (χ3n) is 5.37. The lowest BCUT2D eigenvalue weighted by Gasteiger charge is -2.27. The van der Waals surface area contributed by atoms with Crippen molar-refractivity contribution in [1.29, 1.82) is 0 Å². The van der Waals surface area contributed by atoms with Gasteiger partial charge in [0.05, 0.1) is 78.3 Å². The molecule has 0 saturated carbocycles. The van der Waals surface area contributed by atoms with Crippen LogP contribution in [-0.4, -0.2) is 113 Å². The first-order valence-corrected chi connectivity index (χ1v) is 12.7. The number of rotatable bonds is 9. The minimum absolute atomic E-state index is 0.262. The molecule has 1 saturated heterocycles. The number of hydrogen-bond acceptors (Lipinski definition) is 8. The van der Waals surface area contributed by atoms with Gasteiger partial charge in [0.2, 0.25) is 0 Å². The van der Waals surface area contributed by atoms with Gasteiger partial charge >= 0.3 is 0 Å². The Balaban J connectivity index is 2.36. The molecule has 0 aromatic heterocycles. The van der Waals surface area contributed by atoms with Crippen LogP contribution in [0.2, 0.25) is 0 Å². The van der Waals surface area contributed by atoms with E-state index in [0.717, 1.165) is 13.0 Å². The van der Waals surface area contributed by atoms with Crippen LogP contribution in [0.5, 0.6) is 0 Å². The zero-order valence-electron chi connectivity index (χ0n) is 20.4. The van der Waals surface area contributed by atoms with Crippen molar-refractivity contribution in [2.24, 2.45) is 0 Å². The largest absolute Gasteiger partial charge is 0.389 e. The molecule has 1 rings (SSSR count). The molecule has 2 unspecified atom stereocenters. The average Bonchev–Trinajstić information content (AvgIpc) is 2.77. The minimum atomic E-state index is -0.598. The Morgan fingerprint density at radius 1 is 0.562 bits per heavy atom. The van der Waals surface area contributed by atoms with Gasteiger partial charge in [-0.1, -0.05) is 51.9 Å². The first-order chi connectivity index (χ1) is 15.7. The summed E-state index contributed by atoms with van der Waals surface area (Å²) in [5.74, 6) is 0.